The predicted octanol–water partition coefficient (Wildman–Crippen LogP) is -5.41. The molecule has 1 heterocycles. The zero-order valence-electron chi connectivity index (χ0n) is 51.0. The van der Waals surface area contributed by atoms with Gasteiger partial charge in [0.15, 0.2) is 0 Å². The molecule has 0 saturated carbocycles. The van der Waals surface area contributed by atoms with Crippen LogP contribution in [0.4, 0.5) is 0 Å². The summed E-state index contributed by atoms with van der Waals surface area (Å²) in [5, 5.41) is 63.0. The van der Waals surface area contributed by atoms with Gasteiger partial charge in [0.2, 0.25) is 53.2 Å². The number of rotatable bonds is 31. The van der Waals surface area contributed by atoms with Crippen LogP contribution in [-0.2, 0) is 54.4 Å². The monoisotopic (exact) mass is 1220 g/mol. The van der Waals surface area contributed by atoms with Gasteiger partial charge >= 0.3 is 0 Å². The molecular formula is C57H102N16O13. The number of hydrogen-bond donors (Lipinski definition) is 19. The average Bonchev–Trinajstić information content (AvgIpc) is 3.40. The van der Waals surface area contributed by atoms with Gasteiger partial charge in [-0.25, -0.2) is 0 Å². The summed E-state index contributed by atoms with van der Waals surface area (Å²) in [6, 6.07) is -3.79. The molecule has 0 bridgehead atoms. The highest BCUT2D eigenvalue weighted by Crippen LogP contribution is 2.15. The van der Waals surface area contributed by atoms with E-state index in [1.807, 2.05) is 13.8 Å². The summed E-state index contributed by atoms with van der Waals surface area (Å²) in [6.07, 6.45) is -1.94. The predicted molar refractivity (Wildman–Crippen MR) is 322 cm³/mol. The number of aliphatic hydroxyl groups excluding tert-OH is 3. The van der Waals surface area contributed by atoms with Crippen LogP contribution in [-0.4, -0.2) is 199 Å². The van der Waals surface area contributed by atoms with Crippen molar-refractivity contribution in [2.75, 3.05) is 45.8 Å². The molecule has 0 radical (unpaired) electrons. The van der Waals surface area contributed by atoms with Crippen LogP contribution in [0.25, 0.3) is 0 Å². The molecular weight excluding hydrogens is 1120 g/mol. The molecule has 86 heavy (non-hydrogen) atoms. The highest BCUT2D eigenvalue weighted by Gasteiger charge is 2.40. The van der Waals surface area contributed by atoms with E-state index in [-0.39, 0.29) is 103 Å². The van der Waals surface area contributed by atoms with Crippen LogP contribution in [0.3, 0.4) is 0 Å². The fourth-order valence-corrected chi connectivity index (χ4v) is 9.55. The number of amides is 9. The van der Waals surface area contributed by atoms with E-state index in [0.717, 1.165) is 19.3 Å². The normalized spacial score (nSPS) is 24.1. The maximum Gasteiger partial charge on any atom is 0.246 e. The second-order valence-electron chi connectivity index (χ2n) is 22.7. The van der Waals surface area contributed by atoms with Gasteiger partial charge in [-0.2, -0.15) is 0 Å². The lowest BCUT2D eigenvalue weighted by Gasteiger charge is -2.34. The Bertz CT molecular complexity index is 2290. The lowest BCUT2D eigenvalue weighted by atomic mass is 9.94. The van der Waals surface area contributed by atoms with Crippen molar-refractivity contribution in [3.05, 3.63) is 35.9 Å². The van der Waals surface area contributed by atoms with E-state index in [4.69, 9.17) is 28.7 Å². The van der Waals surface area contributed by atoms with E-state index in [1.54, 1.807) is 30.3 Å². The number of nitrogens with one attached hydrogen (secondary N) is 11. The number of carbonyl (C=O) groups excluding carboxylic acids is 10. The van der Waals surface area contributed by atoms with Crippen molar-refractivity contribution in [3.63, 3.8) is 0 Å². The Balaban J connectivity index is 2.70. The van der Waals surface area contributed by atoms with E-state index in [9.17, 15) is 63.3 Å². The zero-order valence-corrected chi connectivity index (χ0v) is 51.0. The molecule has 1 saturated heterocycles. The minimum atomic E-state index is -1.97. The lowest BCUT2D eigenvalue weighted by Crippen LogP contribution is -2.65. The van der Waals surface area contributed by atoms with Crippen molar-refractivity contribution in [3.8, 4) is 0 Å². The molecule has 0 aromatic heterocycles. The number of benzene rings is 1. The SMILES string of the molecule is CC[C@H](C)CCCCC(=O)N[C@@H](CCN)C(=O)N[C@H](C(=O)N[C@](C=O)(CCN)CN[C@H]1CCNC(=O)[C@H]([C@@H](C)O)NC(=O)[C@H](CCN)NC(=O)[C@H](CCN)NC(=O)[C@H](CC(C)C)NC(O)[C@@H](Cc2ccccc2)NC(=O)[C@@H](CCN)NC1=O)[C@@H](C)O. The first kappa shape index (κ1) is 75.8. The van der Waals surface area contributed by atoms with Gasteiger partial charge in [-0.3, -0.25) is 48.5 Å². The second-order valence-corrected chi connectivity index (χ2v) is 22.7. The molecule has 24 N–H and O–H groups in total. The highest BCUT2D eigenvalue weighted by molar-refractivity contribution is 5.96. The van der Waals surface area contributed by atoms with Crippen molar-refractivity contribution in [2.24, 2.45) is 40.5 Å². The number of aliphatic hydroxyl groups is 3. The lowest BCUT2D eigenvalue weighted by molar-refractivity contribution is -0.136. The minimum Gasteiger partial charge on any atom is -0.391 e. The fraction of sp³-hybridized carbons (Fsp3) is 0.719. The van der Waals surface area contributed by atoms with Gasteiger partial charge in [-0.1, -0.05) is 77.3 Å². The molecule has 0 spiro atoms. The molecule has 9 amide bonds. The van der Waals surface area contributed by atoms with Gasteiger partial charge in [0.05, 0.1) is 30.3 Å². The molecule has 1 fully saturated rings. The standard InChI is InChI=1S/C57H102N16O13/c1-7-34(4)13-11-12-16-45(77)65-39(17-23-58)51(81)72-47(36(6)76)56(86)73-57(32-74,22-27-62)31-64-38-21-28-63-55(85)46(35(5)75)71-52(82)42(20-26-61)67-49(79)40(18-24-59)68-53(83)43(29-33(2)3)69-54(84)44(30-37-14-9-8-10-15-37)70-50(80)41(19-25-60)66-48(38)78/h8-10,14-15,32-36,38-44,46-47,54,64,69,75-76,84H,7,11-13,16-31,58-62H2,1-6H3,(H,63,85)(H,65,77)(H,66,78)(H,67,79)(H,68,83)(H,70,80)(H,71,82)(H,72,81)(H,73,86)/t34-,35+,36+,38-,39-,40-,41+,42-,43-,44+,46-,47-,54?,57+/m0/s1. The van der Waals surface area contributed by atoms with Crippen molar-refractivity contribution in [1.29, 1.82) is 0 Å². The molecule has 1 aliphatic heterocycles. The molecule has 2 rings (SSSR count). The summed E-state index contributed by atoms with van der Waals surface area (Å²) in [5.41, 5.74) is 28.2. The first-order valence-corrected chi connectivity index (χ1v) is 30.1. The van der Waals surface area contributed by atoms with Crippen molar-refractivity contribution in [1.82, 2.24) is 58.5 Å². The molecule has 0 aliphatic carbocycles. The molecule has 1 aliphatic rings. The number of hydrogen-bond acceptors (Lipinski definition) is 20. The van der Waals surface area contributed by atoms with Crippen LogP contribution >= 0.6 is 0 Å². The van der Waals surface area contributed by atoms with Gasteiger partial charge in [0.25, 0.3) is 0 Å². The van der Waals surface area contributed by atoms with Crippen LogP contribution in [0.15, 0.2) is 30.3 Å². The Labute approximate surface area is 505 Å². The topological polar surface area (TPSA) is 494 Å². The summed E-state index contributed by atoms with van der Waals surface area (Å²) in [6.45, 7) is 8.69. The van der Waals surface area contributed by atoms with Crippen LogP contribution in [0.1, 0.15) is 124 Å². The maximum absolute atomic E-state index is 14.7. The van der Waals surface area contributed by atoms with E-state index in [1.165, 1.54) is 13.8 Å². The molecule has 29 nitrogen and oxygen atoms in total. The van der Waals surface area contributed by atoms with E-state index >= 15 is 0 Å². The minimum absolute atomic E-state index is 0.00991. The smallest absolute Gasteiger partial charge is 0.246 e. The van der Waals surface area contributed by atoms with Gasteiger partial charge in [0, 0.05) is 19.5 Å². The second kappa shape index (κ2) is 40.2. The molecule has 1 unspecified atom stereocenters. The van der Waals surface area contributed by atoms with Crippen molar-refractivity contribution < 1.29 is 63.3 Å². The Morgan fingerprint density at radius 2 is 1.27 bits per heavy atom. The number of carbonyl (C=O) groups is 10. The Hall–Kier alpha value is -6.28. The summed E-state index contributed by atoms with van der Waals surface area (Å²) >= 11 is 0. The Morgan fingerprint density at radius 1 is 0.698 bits per heavy atom. The molecule has 488 valence electrons. The van der Waals surface area contributed by atoms with Gasteiger partial charge < -0.3 is 102 Å². The van der Waals surface area contributed by atoms with Crippen molar-refractivity contribution >= 4 is 59.5 Å². The summed E-state index contributed by atoms with van der Waals surface area (Å²) in [7, 11) is 0. The first-order valence-electron chi connectivity index (χ1n) is 30.1. The van der Waals surface area contributed by atoms with Gasteiger partial charge in [-0.15, -0.1) is 0 Å². The Morgan fingerprint density at radius 3 is 1.79 bits per heavy atom. The molecule has 29 heteroatoms. The van der Waals surface area contributed by atoms with E-state index < -0.39 is 138 Å². The van der Waals surface area contributed by atoms with Gasteiger partial charge in [0.1, 0.15) is 54.3 Å². The number of aldehydes is 1. The van der Waals surface area contributed by atoms with Crippen molar-refractivity contribution in [2.45, 2.75) is 203 Å². The van der Waals surface area contributed by atoms with Crippen LogP contribution in [0.5, 0.6) is 0 Å². The maximum atomic E-state index is 14.7. The third-order valence-corrected chi connectivity index (χ3v) is 14.8. The molecule has 1 aromatic rings. The van der Waals surface area contributed by atoms with E-state index in [2.05, 4.69) is 72.3 Å². The zero-order chi connectivity index (χ0) is 64.5. The van der Waals surface area contributed by atoms with Gasteiger partial charge in [-0.05, 0) is 122 Å². The average molecular weight is 1220 g/mol. The summed E-state index contributed by atoms with van der Waals surface area (Å²) < 4.78 is 0. The third kappa shape index (κ3) is 26.8. The first-order chi connectivity index (χ1) is 40.8. The number of unbranched alkanes of at least 4 members (excludes halogenated alkanes) is 1. The summed E-state index contributed by atoms with van der Waals surface area (Å²) in [5.74, 6) is -7.16. The Kier molecular flexibility index (Phi) is 35.5. The molecule has 14 atom stereocenters. The fourth-order valence-electron chi connectivity index (χ4n) is 9.55. The highest BCUT2D eigenvalue weighted by atomic mass is 16.3. The molecule has 1 aromatic carbocycles. The quantitative estimate of drug-likeness (QED) is 0.0244. The number of nitrogens with two attached hydrogens (primary N) is 5. The third-order valence-electron chi connectivity index (χ3n) is 14.8. The van der Waals surface area contributed by atoms with E-state index in [0.29, 0.717) is 24.2 Å². The van der Waals surface area contributed by atoms with Crippen LogP contribution in [0.2, 0.25) is 0 Å². The van der Waals surface area contributed by atoms with Crippen LogP contribution in [0, 0.1) is 11.8 Å². The largest absolute Gasteiger partial charge is 0.391 e. The van der Waals surface area contributed by atoms with Crippen LogP contribution < -0.4 is 87.2 Å². The summed E-state index contributed by atoms with van der Waals surface area (Å²) in [4.78, 5) is 139.